The Kier molecular flexibility index (Phi) is 5.12. The van der Waals surface area contributed by atoms with Crippen LogP contribution >= 0.6 is 0 Å². The summed E-state index contributed by atoms with van der Waals surface area (Å²) in [6.07, 6.45) is 5.56. The molecule has 0 unspecified atom stereocenters. The van der Waals surface area contributed by atoms with E-state index in [9.17, 15) is 4.79 Å². The number of carbonyl (C=O) groups excluding carboxylic acids is 1. The molecule has 122 valence electrons. The third kappa shape index (κ3) is 4.23. The van der Waals surface area contributed by atoms with E-state index in [4.69, 9.17) is 10.5 Å². The summed E-state index contributed by atoms with van der Waals surface area (Å²) < 4.78 is 5.30. The van der Waals surface area contributed by atoms with Gasteiger partial charge in [0.25, 0.3) is 0 Å². The van der Waals surface area contributed by atoms with Crippen molar-refractivity contribution >= 4 is 11.8 Å². The fourth-order valence-corrected chi connectivity index (χ4v) is 3.19. The number of nitrogens with one attached hydrogen (secondary N) is 1. The predicted molar refractivity (Wildman–Crippen MR) is 90.1 cm³/mol. The maximum Gasteiger partial charge on any atom is 0.412 e. The van der Waals surface area contributed by atoms with E-state index in [0.717, 1.165) is 18.5 Å². The number of rotatable bonds is 3. The van der Waals surface area contributed by atoms with Crippen LogP contribution in [0.3, 0.4) is 0 Å². The van der Waals surface area contributed by atoms with Crippen LogP contribution in [0.4, 0.5) is 10.5 Å². The first-order valence-electron chi connectivity index (χ1n) is 8.15. The van der Waals surface area contributed by atoms with E-state index in [-0.39, 0.29) is 5.41 Å². The normalized spacial score (nSPS) is 17.8. The number of anilines is 1. The fraction of sp³-hybridized carbons (Fsp3) is 0.611. The van der Waals surface area contributed by atoms with Crippen molar-refractivity contribution < 1.29 is 9.53 Å². The summed E-state index contributed by atoms with van der Waals surface area (Å²) in [5.41, 5.74) is 7.65. The lowest BCUT2D eigenvalue weighted by molar-refractivity contribution is 0.0636. The summed E-state index contributed by atoms with van der Waals surface area (Å²) in [5.74, 6) is 0. The molecule has 1 aromatic rings. The van der Waals surface area contributed by atoms with E-state index < -0.39 is 11.7 Å². The highest BCUT2D eigenvalue weighted by molar-refractivity contribution is 5.85. The largest absolute Gasteiger partial charge is 0.444 e. The van der Waals surface area contributed by atoms with Crippen molar-refractivity contribution in [1.29, 1.82) is 0 Å². The van der Waals surface area contributed by atoms with Gasteiger partial charge in [0.05, 0.1) is 0 Å². The Morgan fingerprint density at radius 3 is 2.55 bits per heavy atom. The Morgan fingerprint density at radius 2 is 1.95 bits per heavy atom. The molecule has 0 bridgehead atoms. The lowest BCUT2D eigenvalue weighted by Gasteiger charge is -2.37. The molecular weight excluding hydrogens is 276 g/mol. The molecular formula is C18H28N2O2. The molecule has 1 saturated carbocycles. The first-order chi connectivity index (χ1) is 10.3. The second kappa shape index (κ2) is 6.69. The average Bonchev–Trinajstić information content (AvgIpc) is 2.46. The summed E-state index contributed by atoms with van der Waals surface area (Å²) in [6.45, 7) is 6.22. The van der Waals surface area contributed by atoms with Crippen LogP contribution in [0.15, 0.2) is 24.3 Å². The highest BCUT2D eigenvalue weighted by atomic mass is 16.6. The molecule has 1 fully saturated rings. The van der Waals surface area contributed by atoms with Gasteiger partial charge in [0.2, 0.25) is 0 Å². The van der Waals surface area contributed by atoms with Crippen molar-refractivity contribution in [2.45, 2.75) is 63.9 Å². The van der Waals surface area contributed by atoms with E-state index in [1.807, 2.05) is 39.0 Å². The van der Waals surface area contributed by atoms with Gasteiger partial charge in [-0.15, -0.1) is 0 Å². The van der Waals surface area contributed by atoms with Gasteiger partial charge in [0.15, 0.2) is 0 Å². The predicted octanol–water partition coefficient (Wildman–Crippen LogP) is 4.19. The van der Waals surface area contributed by atoms with Crippen molar-refractivity contribution in [1.82, 2.24) is 0 Å². The molecule has 4 nitrogen and oxygen atoms in total. The van der Waals surface area contributed by atoms with Crippen LogP contribution in [0.25, 0.3) is 0 Å². The van der Waals surface area contributed by atoms with Crippen LogP contribution in [0.5, 0.6) is 0 Å². The van der Waals surface area contributed by atoms with Gasteiger partial charge >= 0.3 is 6.09 Å². The summed E-state index contributed by atoms with van der Waals surface area (Å²) in [6, 6.07) is 8.04. The van der Waals surface area contributed by atoms with Crippen LogP contribution in [0.1, 0.15) is 58.4 Å². The lowest BCUT2D eigenvalue weighted by atomic mass is 9.69. The minimum absolute atomic E-state index is 0.0594. The smallest absolute Gasteiger partial charge is 0.412 e. The number of amides is 1. The third-order valence-electron chi connectivity index (χ3n) is 4.32. The average molecular weight is 304 g/mol. The lowest BCUT2D eigenvalue weighted by Crippen LogP contribution is -2.37. The SMILES string of the molecule is CC(C)(C)OC(=O)Nc1cccc(C2(CN)CCCCC2)c1. The maximum absolute atomic E-state index is 11.9. The van der Waals surface area contributed by atoms with Gasteiger partial charge in [-0.3, -0.25) is 5.32 Å². The first-order valence-corrected chi connectivity index (χ1v) is 8.15. The van der Waals surface area contributed by atoms with Gasteiger partial charge in [-0.25, -0.2) is 4.79 Å². The zero-order chi connectivity index (χ0) is 16.2. The van der Waals surface area contributed by atoms with Crippen molar-refractivity contribution in [3.63, 3.8) is 0 Å². The number of nitrogens with two attached hydrogens (primary N) is 1. The fourth-order valence-electron chi connectivity index (χ4n) is 3.19. The van der Waals surface area contributed by atoms with Crippen LogP contribution in [-0.2, 0) is 10.2 Å². The minimum atomic E-state index is -0.496. The van der Waals surface area contributed by atoms with Crippen LogP contribution in [0, 0.1) is 0 Å². The summed E-state index contributed by atoms with van der Waals surface area (Å²) in [5, 5.41) is 2.82. The van der Waals surface area contributed by atoms with Gasteiger partial charge in [0, 0.05) is 17.6 Å². The first kappa shape index (κ1) is 16.8. The Labute approximate surface area is 133 Å². The molecule has 22 heavy (non-hydrogen) atoms. The summed E-state index contributed by atoms with van der Waals surface area (Å²) >= 11 is 0. The molecule has 0 heterocycles. The van der Waals surface area contributed by atoms with Crippen molar-refractivity contribution in [3.05, 3.63) is 29.8 Å². The molecule has 1 amide bonds. The second-order valence-electron chi connectivity index (χ2n) is 7.25. The molecule has 0 aliphatic heterocycles. The van der Waals surface area contributed by atoms with Crippen LogP contribution < -0.4 is 11.1 Å². The number of ether oxygens (including phenoxy) is 1. The van der Waals surface area contributed by atoms with Gasteiger partial charge in [-0.1, -0.05) is 31.4 Å². The zero-order valence-electron chi connectivity index (χ0n) is 13.9. The Hall–Kier alpha value is -1.55. The number of hydrogen-bond donors (Lipinski definition) is 2. The highest BCUT2D eigenvalue weighted by Crippen LogP contribution is 2.39. The van der Waals surface area contributed by atoms with E-state index in [0.29, 0.717) is 6.54 Å². The molecule has 0 atom stereocenters. The van der Waals surface area contributed by atoms with Crippen molar-refractivity contribution in [2.24, 2.45) is 5.73 Å². The molecule has 0 aromatic heterocycles. The highest BCUT2D eigenvalue weighted by Gasteiger charge is 2.32. The molecule has 1 aromatic carbocycles. The van der Waals surface area contributed by atoms with Gasteiger partial charge in [-0.05, 0) is 51.3 Å². The summed E-state index contributed by atoms with van der Waals surface area (Å²) in [7, 11) is 0. The molecule has 0 saturated heterocycles. The monoisotopic (exact) mass is 304 g/mol. The molecule has 2 rings (SSSR count). The minimum Gasteiger partial charge on any atom is -0.444 e. The topological polar surface area (TPSA) is 64.3 Å². The number of hydrogen-bond acceptors (Lipinski definition) is 3. The van der Waals surface area contributed by atoms with Crippen LogP contribution in [-0.4, -0.2) is 18.2 Å². The van der Waals surface area contributed by atoms with E-state index in [1.54, 1.807) is 0 Å². The number of carbonyl (C=O) groups is 1. The van der Waals surface area contributed by atoms with E-state index >= 15 is 0 Å². The quantitative estimate of drug-likeness (QED) is 0.880. The van der Waals surface area contributed by atoms with Gasteiger partial charge in [0.1, 0.15) is 5.60 Å². The maximum atomic E-state index is 11.9. The standard InChI is InChI=1S/C18H28N2O2/c1-17(2,3)22-16(21)20-15-9-7-8-14(12-15)18(13-19)10-5-4-6-11-18/h7-9,12H,4-6,10-11,13,19H2,1-3H3,(H,20,21). The Morgan fingerprint density at radius 1 is 1.27 bits per heavy atom. The van der Waals surface area contributed by atoms with Gasteiger partial charge in [-0.2, -0.15) is 0 Å². The van der Waals surface area contributed by atoms with E-state index in [2.05, 4.69) is 11.4 Å². The Balaban J connectivity index is 2.14. The molecule has 1 aliphatic carbocycles. The van der Waals surface area contributed by atoms with Gasteiger partial charge < -0.3 is 10.5 Å². The second-order valence-corrected chi connectivity index (χ2v) is 7.25. The summed E-state index contributed by atoms with van der Waals surface area (Å²) in [4.78, 5) is 11.9. The molecule has 4 heteroatoms. The number of benzene rings is 1. The molecule has 0 spiro atoms. The molecule has 3 N–H and O–H groups in total. The molecule has 0 radical (unpaired) electrons. The van der Waals surface area contributed by atoms with Crippen molar-refractivity contribution in [3.8, 4) is 0 Å². The zero-order valence-corrected chi connectivity index (χ0v) is 13.9. The van der Waals surface area contributed by atoms with Crippen molar-refractivity contribution in [2.75, 3.05) is 11.9 Å². The molecule has 1 aliphatic rings. The Bertz CT molecular complexity index is 514. The van der Waals surface area contributed by atoms with Crippen LogP contribution in [0.2, 0.25) is 0 Å². The van der Waals surface area contributed by atoms with E-state index in [1.165, 1.54) is 24.8 Å². The third-order valence-corrected chi connectivity index (χ3v) is 4.32.